The molecule has 4 nitrogen and oxygen atoms in total. The lowest BCUT2D eigenvalue weighted by Gasteiger charge is -2.11. The van der Waals surface area contributed by atoms with Crippen molar-refractivity contribution in [3.8, 4) is 0 Å². The third kappa shape index (κ3) is 3.33. The summed E-state index contributed by atoms with van der Waals surface area (Å²) in [7, 11) is 0. The molecule has 0 aliphatic heterocycles. The lowest BCUT2D eigenvalue weighted by molar-refractivity contribution is 0.102. The van der Waals surface area contributed by atoms with Gasteiger partial charge in [-0.1, -0.05) is 0 Å². The van der Waals surface area contributed by atoms with Crippen LogP contribution in [0.4, 0.5) is 11.4 Å². The Labute approximate surface area is 127 Å². The van der Waals surface area contributed by atoms with Gasteiger partial charge in [0.2, 0.25) is 0 Å². The first-order chi connectivity index (χ1) is 8.97. The van der Waals surface area contributed by atoms with Crippen LogP contribution in [0.2, 0.25) is 0 Å². The molecule has 6 heteroatoms. The predicted molar refractivity (Wildman–Crippen MR) is 83.2 cm³/mol. The van der Waals surface area contributed by atoms with E-state index >= 15 is 0 Å². The number of nitrogens with zero attached hydrogens (tertiary/aromatic N) is 1. The van der Waals surface area contributed by atoms with E-state index < -0.39 is 0 Å². The predicted octanol–water partition coefficient (Wildman–Crippen LogP) is 3.75. The van der Waals surface area contributed by atoms with Crippen molar-refractivity contribution in [3.63, 3.8) is 0 Å². The van der Waals surface area contributed by atoms with Crippen LogP contribution in [0.5, 0.6) is 0 Å². The number of hydrogen-bond donors (Lipinski definition) is 2. The Morgan fingerprint density at radius 2 is 1.89 bits per heavy atom. The fourth-order valence-corrected chi connectivity index (χ4v) is 3.00. The van der Waals surface area contributed by atoms with Crippen molar-refractivity contribution >= 4 is 49.1 Å². The third-order valence-corrected chi connectivity index (χ3v) is 3.71. The van der Waals surface area contributed by atoms with E-state index in [4.69, 9.17) is 5.73 Å². The van der Waals surface area contributed by atoms with Crippen molar-refractivity contribution in [2.45, 2.75) is 6.92 Å². The lowest BCUT2D eigenvalue weighted by Crippen LogP contribution is -2.13. The second kappa shape index (κ2) is 5.71. The maximum Gasteiger partial charge on any atom is 0.255 e. The van der Waals surface area contributed by atoms with Gasteiger partial charge in [0.25, 0.3) is 5.91 Å². The smallest absolute Gasteiger partial charge is 0.255 e. The summed E-state index contributed by atoms with van der Waals surface area (Å²) in [4.78, 5) is 16.2. The Kier molecular flexibility index (Phi) is 4.21. The number of benzene rings is 1. The maximum atomic E-state index is 12.1. The highest BCUT2D eigenvalue weighted by Crippen LogP contribution is 2.33. The van der Waals surface area contributed by atoms with E-state index in [9.17, 15) is 4.79 Å². The molecule has 0 aliphatic rings. The molecule has 0 unspecified atom stereocenters. The summed E-state index contributed by atoms with van der Waals surface area (Å²) in [5.41, 5.74) is 8.32. The highest BCUT2D eigenvalue weighted by atomic mass is 79.9. The molecule has 0 aliphatic carbocycles. The van der Waals surface area contributed by atoms with Crippen molar-refractivity contribution in [3.05, 3.63) is 50.7 Å². The highest BCUT2D eigenvalue weighted by molar-refractivity contribution is 9.11. The molecule has 0 saturated heterocycles. The number of rotatable bonds is 2. The average molecular weight is 385 g/mol. The lowest BCUT2D eigenvalue weighted by atomic mass is 10.2. The van der Waals surface area contributed by atoms with E-state index in [1.807, 2.05) is 6.92 Å². The van der Waals surface area contributed by atoms with Crippen LogP contribution < -0.4 is 11.1 Å². The number of nitrogens with two attached hydrogens (primary N) is 1. The first-order valence-electron chi connectivity index (χ1n) is 5.46. The van der Waals surface area contributed by atoms with Crippen LogP contribution >= 0.6 is 31.9 Å². The molecular formula is C13H11Br2N3O. The molecule has 3 N–H and O–H groups in total. The SMILES string of the molecule is Cc1cc(C(=O)Nc2c(Br)cc(N)cc2Br)ccn1. The van der Waals surface area contributed by atoms with Gasteiger partial charge in [-0.2, -0.15) is 0 Å². The number of aromatic nitrogens is 1. The summed E-state index contributed by atoms with van der Waals surface area (Å²) < 4.78 is 1.44. The maximum absolute atomic E-state index is 12.1. The molecule has 2 aromatic rings. The highest BCUT2D eigenvalue weighted by Gasteiger charge is 2.12. The van der Waals surface area contributed by atoms with Gasteiger partial charge in [-0.05, 0) is 63.0 Å². The molecular weight excluding hydrogens is 374 g/mol. The van der Waals surface area contributed by atoms with Gasteiger partial charge in [-0.3, -0.25) is 9.78 Å². The normalized spacial score (nSPS) is 10.3. The van der Waals surface area contributed by atoms with E-state index in [-0.39, 0.29) is 5.91 Å². The average Bonchev–Trinajstić information content (AvgIpc) is 2.33. The number of carbonyl (C=O) groups excluding carboxylic acids is 1. The monoisotopic (exact) mass is 383 g/mol. The fraction of sp³-hybridized carbons (Fsp3) is 0.0769. The summed E-state index contributed by atoms with van der Waals surface area (Å²) in [6, 6.07) is 6.87. The number of hydrogen-bond acceptors (Lipinski definition) is 3. The molecule has 1 heterocycles. The van der Waals surface area contributed by atoms with Crippen molar-refractivity contribution in [2.24, 2.45) is 0 Å². The first-order valence-corrected chi connectivity index (χ1v) is 7.04. The number of nitrogen functional groups attached to an aromatic ring is 1. The van der Waals surface area contributed by atoms with Gasteiger partial charge in [0.05, 0.1) is 5.69 Å². The zero-order valence-corrected chi connectivity index (χ0v) is 13.2. The van der Waals surface area contributed by atoms with E-state index in [1.54, 1.807) is 30.5 Å². The van der Waals surface area contributed by atoms with Crippen LogP contribution in [0.15, 0.2) is 39.4 Å². The van der Waals surface area contributed by atoms with Gasteiger partial charge in [0.1, 0.15) is 0 Å². The molecule has 1 aromatic heterocycles. The molecule has 1 aromatic carbocycles. The van der Waals surface area contributed by atoms with Gasteiger partial charge in [0, 0.05) is 32.1 Å². The van der Waals surface area contributed by atoms with Crippen LogP contribution in [-0.2, 0) is 0 Å². The molecule has 98 valence electrons. The van der Waals surface area contributed by atoms with Crippen LogP contribution in [0.3, 0.4) is 0 Å². The summed E-state index contributed by atoms with van der Waals surface area (Å²) in [6.45, 7) is 1.84. The van der Waals surface area contributed by atoms with Crippen molar-refractivity contribution in [2.75, 3.05) is 11.1 Å². The van der Waals surface area contributed by atoms with E-state index in [0.717, 1.165) is 14.6 Å². The Balaban J connectivity index is 2.29. The zero-order chi connectivity index (χ0) is 14.0. The number of aryl methyl sites for hydroxylation is 1. The molecule has 0 radical (unpaired) electrons. The van der Waals surface area contributed by atoms with Crippen LogP contribution in [0, 0.1) is 6.92 Å². The molecule has 1 amide bonds. The summed E-state index contributed by atoms with van der Waals surface area (Å²) in [6.07, 6.45) is 1.61. The Hall–Kier alpha value is -1.40. The topological polar surface area (TPSA) is 68.0 Å². The van der Waals surface area contributed by atoms with E-state index in [1.165, 1.54) is 0 Å². The molecule has 0 spiro atoms. The number of amides is 1. The van der Waals surface area contributed by atoms with Crippen LogP contribution in [-0.4, -0.2) is 10.9 Å². The fourth-order valence-electron chi connectivity index (χ4n) is 1.58. The van der Waals surface area contributed by atoms with Crippen LogP contribution in [0.1, 0.15) is 16.1 Å². The first kappa shape index (κ1) is 14.0. The molecule has 19 heavy (non-hydrogen) atoms. The van der Waals surface area contributed by atoms with Crippen molar-refractivity contribution < 1.29 is 4.79 Å². The molecule has 0 atom stereocenters. The Morgan fingerprint density at radius 3 is 2.47 bits per heavy atom. The van der Waals surface area contributed by atoms with Gasteiger partial charge in [-0.15, -0.1) is 0 Å². The third-order valence-electron chi connectivity index (χ3n) is 2.46. The summed E-state index contributed by atoms with van der Waals surface area (Å²) in [5, 5.41) is 2.83. The van der Waals surface area contributed by atoms with E-state index in [0.29, 0.717) is 16.9 Å². The molecule has 0 bridgehead atoms. The number of anilines is 2. The second-order valence-corrected chi connectivity index (χ2v) is 5.71. The van der Waals surface area contributed by atoms with Crippen molar-refractivity contribution in [1.82, 2.24) is 4.98 Å². The quantitative estimate of drug-likeness (QED) is 0.774. The summed E-state index contributed by atoms with van der Waals surface area (Å²) in [5.74, 6) is -0.198. The Morgan fingerprint density at radius 1 is 1.26 bits per heavy atom. The molecule has 0 saturated carbocycles. The molecule has 2 rings (SSSR count). The zero-order valence-electron chi connectivity index (χ0n) is 10.1. The van der Waals surface area contributed by atoms with Crippen LogP contribution in [0.25, 0.3) is 0 Å². The number of pyridine rings is 1. The molecule has 0 fully saturated rings. The summed E-state index contributed by atoms with van der Waals surface area (Å²) >= 11 is 6.75. The minimum absolute atomic E-state index is 0.198. The van der Waals surface area contributed by atoms with Crippen molar-refractivity contribution in [1.29, 1.82) is 0 Å². The largest absolute Gasteiger partial charge is 0.399 e. The Bertz CT molecular complexity index is 621. The number of halogens is 2. The van der Waals surface area contributed by atoms with E-state index in [2.05, 4.69) is 42.2 Å². The second-order valence-electron chi connectivity index (χ2n) is 4.00. The van der Waals surface area contributed by atoms with Gasteiger partial charge < -0.3 is 11.1 Å². The minimum Gasteiger partial charge on any atom is -0.399 e. The number of nitrogens with one attached hydrogen (secondary N) is 1. The van der Waals surface area contributed by atoms with Gasteiger partial charge in [0.15, 0.2) is 0 Å². The standard InChI is InChI=1S/C13H11Br2N3O/c1-7-4-8(2-3-17-7)13(19)18-12-10(14)5-9(16)6-11(12)15/h2-6H,16H2,1H3,(H,18,19). The van der Waals surface area contributed by atoms with Gasteiger partial charge in [-0.25, -0.2) is 0 Å². The van der Waals surface area contributed by atoms with Gasteiger partial charge >= 0.3 is 0 Å². The minimum atomic E-state index is -0.198. The number of carbonyl (C=O) groups is 1.